The molecule has 3 nitrogen and oxygen atoms in total. The minimum absolute atomic E-state index is 0.268. The van der Waals surface area contributed by atoms with E-state index in [1.807, 2.05) is 25.1 Å². The molecule has 0 aromatic heterocycles. The summed E-state index contributed by atoms with van der Waals surface area (Å²) < 4.78 is 5.14. The van der Waals surface area contributed by atoms with Gasteiger partial charge < -0.3 is 10.1 Å². The van der Waals surface area contributed by atoms with Crippen LogP contribution in [0.4, 0.5) is 5.69 Å². The van der Waals surface area contributed by atoms with Crippen LogP contribution in [-0.4, -0.2) is 12.6 Å². The second-order valence-corrected chi connectivity index (χ2v) is 5.06. The Bertz CT molecular complexity index is 590. The maximum atomic E-state index is 11.8. The topological polar surface area (TPSA) is 38.3 Å². The highest BCUT2D eigenvalue weighted by Crippen LogP contribution is 2.13. The smallest absolute Gasteiger partial charge is 0.338 e. The van der Waals surface area contributed by atoms with Crippen LogP contribution in [0.3, 0.4) is 0 Å². The molecule has 0 atom stereocenters. The van der Waals surface area contributed by atoms with Gasteiger partial charge in [0.2, 0.25) is 0 Å². The first-order valence-corrected chi connectivity index (χ1v) is 7.25. The maximum Gasteiger partial charge on any atom is 0.338 e. The number of nitrogens with one attached hydrogen (secondary N) is 1. The minimum atomic E-state index is -0.268. The number of ether oxygens (including phenoxy) is 1. The average Bonchev–Trinajstić information content (AvgIpc) is 2.52. The number of carbonyl (C=O) groups is 1. The van der Waals surface area contributed by atoms with Crippen molar-refractivity contribution in [2.45, 2.75) is 26.8 Å². The monoisotopic (exact) mass is 283 g/mol. The predicted octanol–water partition coefficient (Wildman–Crippen LogP) is 4.17. The van der Waals surface area contributed by atoms with E-state index in [0.29, 0.717) is 12.2 Å². The van der Waals surface area contributed by atoms with Gasteiger partial charge in [-0.15, -0.1) is 0 Å². The molecule has 21 heavy (non-hydrogen) atoms. The summed E-state index contributed by atoms with van der Waals surface area (Å²) in [7, 11) is 0. The molecule has 0 saturated heterocycles. The predicted molar refractivity (Wildman–Crippen MR) is 85.5 cm³/mol. The Morgan fingerprint density at radius 1 is 1.14 bits per heavy atom. The summed E-state index contributed by atoms with van der Waals surface area (Å²) >= 11 is 0. The molecule has 2 aromatic rings. The molecule has 0 heterocycles. The fraction of sp³-hybridized carbons (Fsp3) is 0.278. The Kier molecular flexibility index (Phi) is 5.38. The second kappa shape index (κ2) is 7.48. The molecule has 2 aromatic carbocycles. The molecule has 2 rings (SSSR count). The van der Waals surface area contributed by atoms with E-state index in [1.165, 1.54) is 11.1 Å². The number of anilines is 1. The molecule has 0 aliphatic rings. The molecule has 0 aliphatic heterocycles. The van der Waals surface area contributed by atoms with Gasteiger partial charge in [0.25, 0.3) is 0 Å². The van der Waals surface area contributed by atoms with E-state index in [-0.39, 0.29) is 5.97 Å². The van der Waals surface area contributed by atoms with E-state index in [0.717, 1.165) is 18.7 Å². The van der Waals surface area contributed by atoms with Crippen molar-refractivity contribution >= 4 is 11.7 Å². The van der Waals surface area contributed by atoms with Crippen LogP contribution in [-0.2, 0) is 11.3 Å². The zero-order chi connectivity index (χ0) is 15.1. The van der Waals surface area contributed by atoms with E-state index in [4.69, 9.17) is 4.74 Å². The molecule has 0 aliphatic carbocycles. The standard InChI is InChI=1S/C18H21NO2/c1-3-11-21-18(20)16-5-4-6-17(12-16)19-13-15-9-7-14(2)8-10-15/h4-10,12,19H,3,11,13H2,1-2H3. The second-order valence-electron chi connectivity index (χ2n) is 5.06. The van der Waals surface area contributed by atoms with Crippen LogP contribution < -0.4 is 5.32 Å². The lowest BCUT2D eigenvalue weighted by molar-refractivity contribution is 0.0505. The van der Waals surface area contributed by atoms with Gasteiger partial charge in [0.15, 0.2) is 0 Å². The molecule has 0 radical (unpaired) electrons. The van der Waals surface area contributed by atoms with Crippen molar-refractivity contribution in [1.29, 1.82) is 0 Å². The Morgan fingerprint density at radius 3 is 2.62 bits per heavy atom. The van der Waals surface area contributed by atoms with E-state index in [2.05, 4.69) is 36.5 Å². The van der Waals surface area contributed by atoms with Gasteiger partial charge >= 0.3 is 5.97 Å². The number of rotatable bonds is 6. The molecule has 0 bridgehead atoms. The highest BCUT2D eigenvalue weighted by molar-refractivity contribution is 5.90. The molecule has 0 fully saturated rings. The largest absolute Gasteiger partial charge is 0.462 e. The summed E-state index contributed by atoms with van der Waals surface area (Å²) in [6.07, 6.45) is 0.830. The van der Waals surface area contributed by atoms with E-state index in [9.17, 15) is 4.79 Å². The summed E-state index contributed by atoms with van der Waals surface area (Å²) in [4.78, 5) is 11.8. The van der Waals surface area contributed by atoms with Crippen molar-refractivity contribution in [2.75, 3.05) is 11.9 Å². The number of hydrogen-bond donors (Lipinski definition) is 1. The van der Waals surface area contributed by atoms with Crippen molar-refractivity contribution in [3.63, 3.8) is 0 Å². The third-order valence-electron chi connectivity index (χ3n) is 3.15. The quantitative estimate of drug-likeness (QED) is 0.808. The van der Waals surface area contributed by atoms with Crippen molar-refractivity contribution in [3.05, 3.63) is 65.2 Å². The first-order chi connectivity index (χ1) is 10.2. The van der Waals surface area contributed by atoms with Gasteiger partial charge in [-0.05, 0) is 37.1 Å². The molecule has 110 valence electrons. The van der Waals surface area contributed by atoms with Crippen molar-refractivity contribution in [1.82, 2.24) is 0 Å². The fourth-order valence-corrected chi connectivity index (χ4v) is 1.94. The SMILES string of the molecule is CCCOC(=O)c1cccc(NCc2ccc(C)cc2)c1. The Balaban J connectivity index is 1.97. The molecular formula is C18H21NO2. The number of aryl methyl sites for hydroxylation is 1. The van der Waals surface area contributed by atoms with Crippen LogP contribution in [0.15, 0.2) is 48.5 Å². The zero-order valence-electron chi connectivity index (χ0n) is 12.6. The lowest BCUT2D eigenvalue weighted by Crippen LogP contribution is -2.07. The normalized spacial score (nSPS) is 10.2. The lowest BCUT2D eigenvalue weighted by Gasteiger charge is -2.09. The molecule has 0 amide bonds. The van der Waals surface area contributed by atoms with Crippen LogP contribution in [0.2, 0.25) is 0 Å². The number of esters is 1. The zero-order valence-corrected chi connectivity index (χ0v) is 12.6. The lowest BCUT2D eigenvalue weighted by atomic mass is 10.1. The molecule has 0 spiro atoms. The van der Waals surface area contributed by atoms with Crippen molar-refractivity contribution < 1.29 is 9.53 Å². The third-order valence-corrected chi connectivity index (χ3v) is 3.15. The van der Waals surface area contributed by atoms with Crippen LogP contribution in [0, 0.1) is 6.92 Å². The number of carbonyl (C=O) groups excluding carboxylic acids is 1. The summed E-state index contributed by atoms with van der Waals surface area (Å²) in [6.45, 7) is 5.24. The van der Waals surface area contributed by atoms with Gasteiger partial charge in [-0.25, -0.2) is 4.79 Å². The summed E-state index contributed by atoms with van der Waals surface area (Å²) in [5.74, 6) is -0.268. The van der Waals surface area contributed by atoms with E-state index in [1.54, 1.807) is 6.07 Å². The number of hydrogen-bond acceptors (Lipinski definition) is 3. The first kappa shape index (κ1) is 15.1. The first-order valence-electron chi connectivity index (χ1n) is 7.25. The fourth-order valence-electron chi connectivity index (χ4n) is 1.94. The average molecular weight is 283 g/mol. The van der Waals surface area contributed by atoms with Crippen LogP contribution in [0.5, 0.6) is 0 Å². The van der Waals surface area contributed by atoms with Crippen molar-refractivity contribution in [2.24, 2.45) is 0 Å². The van der Waals surface area contributed by atoms with Gasteiger partial charge in [-0.2, -0.15) is 0 Å². The Labute approximate surface area is 126 Å². The van der Waals surface area contributed by atoms with Crippen LogP contribution >= 0.6 is 0 Å². The van der Waals surface area contributed by atoms with E-state index < -0.39 is 0 Å². The maximum absolute atomic E-state index is 11.8. The van der Waals surface area contributed by atoms with Gasteiger partial charge in [0.05, 0.1) is 12.2 Å². The molecule has 0 saturated carbocycles. The third kappa shape index (κ3) is 4.63. The van der Waals surface area contributed by atoms with Gasteiger partial charge in [0.1, 0.15) is 0 Å². The highest BCUT2D eigenvalue weighted by atomic mass is 16.5. The van der Waals surface area contributed by atoms with Crippen LogP contribution in [0.1, 0.15) is 34.8 Å². The van der Waals surface area contributed by atoms with E-state index >= 15 is 0 Å². The summed E-state index contributed by atoms with van der Waals surface area (Å²) in [6, 6.07) is 15.8. The van der Waals surface area contributed by atoms with Gasteiger partial charge in [-0.3, -0.25) is 0 Å². The summed E-state index contributed by atoms with van der Waals surface area (Å²) in [5.41, 5.74) is 3.96. The highest BCUT2D eigenvalue weighted by Gasteiger charge is 2.07. The molecule has 1 N–H and O–H groups in total. The Morgan fingerprint density at radius 2 is 1.90 bits per heavy atom. The molecule has 3 heteroatoms. The molecular weight excluding hydrogens is 262 g/mol. The van der Waals surface area contributed by atoms with Gasteiger partial charge in [-0.1, -0.05) is 42.8 Å². The minimum Gasteiger partial charge on any atom is -0.462 e. The van der Waals surface area contributed by atoms with Gasteiger partial charge in [0, 0.05) is 12.2 Å². The summed E-state index contributed by atoms with van der Waals surface area (Å²) in [5, 5.41) is 3.32. The number of benzene rings is 2. The van der Waals surface area contributed by atoms with Crippen LogP contribution in [0.25, 0.3) is 0 Å². The van der Waals surface area contributed by atoms with Crippen molar-refractivity contribution in [3.8, 4) is 0 Å². The molecule has 0 unspecified atom stereocenters. The Hall–Kier alpha value is -2.29.